The van der Waals surface area contributed by atoms with Crippen LogP contribution in [-0.2, 0) is 9.47 Å². The van der Waals surface area contributed by atoms with Gasteiger partial charge < -0.3 is 9.47 Å². The third-order valence-electron chi connectivity index (χ3n) is 2.92. The van der Waals surface area contributed by atoms with E-state index in [9.17, 15) is 4.79 Å². The molecule has 3 heteroatoms. The fraction of sp³-hybridized carbons (Fsp3) is 0.188. The highest BCUT2D eigenvalue weighted by Gasteiger charge is 2.21. The quantitative estimate of drug-likeness (QED) is 0.609. The zero-order chi connectivity index (χ0) is 13.7. The summed E-state index contributed by atoms with van der Waals surface area (Å²) in [5.41, 5.74) is 2.48. The molecule has 2 aromatic carbocycles. The average Bonchev–Trinajstić information content (AvgIpc) is 2.49. The van der Waals surface area contributed by atoms with Crippen LogP contribution in [0.2, 0.25) is 0 Å². The first-order chi connectivity index (χ1) is 9.27. The van der Waals surface area contributed by atoms with E-state index < -0.39 is 6.29 Å². The molecule has 2 aromatic rings. The molecule has 0 aliphatic heterocycles. The van der Waals surface area contributed by atoms with Gasteiger partial charge in [-0.2, -0.15) is 0 Å². The van der Waals surface area contributed by atoms with E-state index in [1.54, 1.807) is 6.07 Å². The van der Waals surface area contributed by atoms with E-state index in [0.29, 0.717) is 5.56 Å². The molecule has 98 valence electrons. The molecule has 19 heavy (non-hydrogen) atoms. The second kappa shape index (κ2) is 6.27. The lowest BCUT2D eigenvalue weighted by atomic mass is 9.97. The normalized spacial score (nSPS) is 10.7. The fourth-order valence-electron chi connectivity index (χ4n) is 2.00. The van der Waals surface area contributed by atoms with E-state index in [0.717, 1.165) is 11.1 Å². The highest BCUT2D eigenvalue weighted by Crippen LogP contribution is 2.24. The summed E-state index contributed by atoms with van der Waals surface area (Å²) >= 11 is 0. The Morgan fingerprint density at radius 2 is 1.47 bits per heavy atom. The number of Topliss-reactive ketones (excluding diaryl/α,β-unsaturated/α-hetero) is 1. The zero-order valence-electron chi connectivity index (χ0n) is 11.0. The molecular weight excluding hydrogens is 240 g/mol. The number of ether oxygens (including phenoxy) is 2. The van der Waals surface area contributed by atoms with Gasteiger partial charge in [-0.3, -0.25) is 4.79 Å². The molecule has 0 fully saturated rings. The lowest BCUT2D eigenvalue weighted by Crippen LogP contribution is -2.25. The van der Waals surface area contributed by atoms with Crippen LogP contribution in [0.1, 0.15) is 10.4 Å². The zero-order valence-corrected chi connectivity index (χ0v) is 11.0. The van der Waals surface area contributed by atoms with Crippen LogP contribution in [0.15, 0.2) is 54.6 Å². The number of carbonyl (C=O) groups excluding carboxylic acids is 1. The Balaban J connectivity index is 2.45. The van der Waals surface area contributed by atoms with Gasteiger partial charge in [-0.1, -0.05) is 54.6 Å². The van der Waals surface area contributed by atoms with Gasteiger partial charge in [0.1, 0.15) is 0 Å². The van der Waals surface area contributed by atoms with Gasteiger partial charge in [-0.25, -0.2) is 0 Å². The topological polar surface area (TPSA) is 35.5 Å². The maximum atomic E-state index is 12.4. The second-order valence-corrected chi connectivity index (χ2v) is 4.08. The smallest absolute Gasteiger partial charge is 0.222 e. The summed E-state index contributed by atoms with van der Waals surface area (Å²) in [6, 6.07) is 17.2. The largest absolute Gasteiger partial charge is 0.349 e. The summed E-state index contributed by atoms with van der Waals surface area (Å²) < 4.78 is 10.1. The molecule has 0 aliphatic rings. The SMILES string of the molecule is COC(OC)C(=O)c1ccccc1-c1ccccc1. The van der Waals surface area contributed by atoms with E-state index in [2.05, 4.69) is 0 Å². The van der Waals surface area contributed by atoms with Gasteiger partial charge in [0.25, 0.3) is 0 Å². The molecule has 2 rings (SSSR count). The van der Waals surface area contributed by atoms with Gasteiger partial charge in [-0.05, 0) is 11.1 Å². The third kappa shape index (κ3) is 2.89. The van der Waals surface area contributed by atoms with Crippen molar-refractivity contribution < 1.29 is 14.3 Å². The number of hydrogen-bond acceptors (Lipinski definition) is 3. The predicted molar refractivity (Wildman–Crippen MR) is 74.0 cm³/mol. The van der Waals surface area contributed by atoms with E-state index in [4.69, 9.17) is 9.47 Å². The summed E-state index contributed by atoms with van der Waals surface area (Å²) in [5, 5.41) is 0. The van der Waals surface area contributed by atoms with E-state index >= 15 is 0 Å². The summed E-state index contributed by atoms with van der Waals surface area (Å²) in [6.07, 6.45) is -0.870. The van der Waals surface area contributed by atoms with Crippen molar-refractivity contribution in [1.29, 1.82) is 0 Å². The second-order valence-electron chi connectivity index (χ2n) is 4.08. The standard InChI is InChI=1S/C16H16O3/c1-18-16(19-2)15(17)14-11-7-6-10-13(14)12-8-4-3-5-9-12/h3-11,16H,1-2H3. The predicted octanol–water partition coefficient (Wildman–Crippen LogP) is 3.16. The van der Waals surface area contributed by atoms with Gasteiger partial charge in [0.15, 0.2) is 0 Å². The van der Waals surface area contributed by atoms with E-state index in [1.165, 1.54) is 14.2 Å². The Bertz CT molecular complexity index is 545. The maximum Gasteiger partial charge on any atom is 0.222 e. The molecule has 0 aromatic heterocycles. The van der Waals surface area contributed by atoms with Crippen LogP contribution in [0.3, 0.4) is 0 Å². The van der Waals surface area contributed by atoms with E-state index in [1.807, 2.05) is 48.5 Å². The number of ketones is 1. The molecule has 0 bridgehead atoms. The van der Waals surface area contributed by atoms with Crippen molar-refractivity contribution in [1.82, 2.24) is 0 Å². The van der Waals surface area contributed by atoms with Crippen molar-refractivity contribution in [2.45, 2.75) is 6.29 Å². The van der Waals surface area contributed by atoms with Crippen LogP contribution < -0.4 is 0 Å². The first-order valence-corrected chi connectivity index (χ1v) is 6.02. The lowest BCUT2D eigenvalue weighted by molar-refractivity contribution is -0.0741. The van der Waals surface area contributed by atoms with Crippen LogP contribution in [0.5, 0.6) is 0 Å². The highest BCUT2D eigenvalue weighted by atomic mass is 16.7. The Morgan fingerprint density at radius 3 is 2.11 bits per heavy atom. The van der Waals surface area contributed by atoms with Crippen LogP contribution in [0.4, 0.5) is 0 Å². The van der Waals surface area contributed by atoms with Gasteiger partial charge in [0, 0.05) is 19.8 Å². The minimum absolute atomic E-state index is 0.176. The van der Waals surface area contributed by atoms with Gasteiger partial charge in [-0.15, -0.1) is 0 Å². The minimum atomic E-state index is -0.870. The minimum Gasteiger partial charge on any atom is -0.349 e. The lowest BCUT2D eigenvalue weighted by Gasteiger charge is -2.14. The number of hydrogen-bond donors (Lipinski definition) is 0. The molecule has 0 radical (unpaired) electrons. The van der Waals surface area contributed by atoms with Crippen molar-refractivity contribution >= 4 is 5.78 Å². The van der Waals surface area contributed by atoms with Crippen LogP contribution in [0, 0.1) is 0 Å². The summed E-state index contributed by atoms with van der Waals surface area (Å²) in [4.78, 5) is 12.4. The first kappa shape index (κ1) is 13.5. The molecule has 0 amide bonds. The van der Waals surface area contributed by atoms with E-state index in [-0.39, 0.29) is 5.78 Å². The maximum absolute atomic E-state index is 12.4. The van der Waals surface area contributed by atoms with Crippen molar-refractivity contribution in [2.24, 2.45) is 0 Å². The Labute approximate surface area is 112 Å². The number of carbonyl (C=O) groups is 1. The van der Waals surface area contributed by atoms with Crippen LogP contribution >= 0.6 is 0 Å². The highest BCUT2D eigenvalue weighted by molar-refractivity contribution is 6.04. The molecule has 0 unspecified atom stereocenters. The molecule has 3 nitrogen and oxygen atoms in total. The Kier molecular flexibility index (Phi) is 4.44. The molecule has 0 saturated carbocycles. The van der Waals surface area contributed by atoms with Crippen molar-refractivity contribution in [3.63, 3.8) is 0 Å². The van der Waals surface area contributed by atoms with Gasteiger partial charge in [0.2, 0.25) is 12.1 Å². The Morgan fingerprint density at radius 1 is 0.895 bits per heavy atom. The van der Waals surface area contributed by atoms with Crippen LogP contribution in [-0.4, -0.2) is 26.3 Å². The first-order valence-electron chi connectivity index (χ1n) is 6.02. The molecule has 0 N–H and O–H groups in total. The average molecular weight is 256 g/mol. The van der Waals surface area contributed by atoms with Gasteiger partial charge in [0.05, 0.1) is 0 Å². The third-order valence-corrected chi connectivity index (χ3v) is 2.92. The Hall–Kier alpha value is -1.97. The molecular formula is C16H16O3. The number of methoxy groups -OCH3 is 2. The molecule has 0 aliphatic carbocycles. The van der Waals surface area contributed by atoms with Crippen molar-refractivity contribution in [2.75, 3.05) is 14.2 Å². The van der Waals surface area contributed by atoms with Crippen molar-refractivity contribution in [3.05, 3.63) is 60.2 Å². The number of rotatable bonds is 5. The molecule has 0 spiro atoms. The molecule has 0 atom stereocenters. The molecule has 0 saturated heterocycles. The van der Waals surface area contributed by atoms with Crippen LogP contribution in [0.25, 0.3) is 11.1 Å². The fourth-order valence-corrected chi connectivity index (χ4v) is 2.00. The summed E-state index contributed by atoms with van der Waals surface area (Å²) in [5.74, 6) is -0.176. The summed E-state index contributed by atoms with van der Waals surface area (Å²) in [6.45, 7) is 0. The molecule has 0 heterocycles. The van der Waals surface area contributed by atoms with Gasteiger partial charge >= 0.3 is 0 Å². The number of benzene rings is 2. The van der Waals surface area contributed by atoms with Crippen molar-refractivity contribution in [3.8, 4) is 11.1 Å². The summed E-state index contributed by atoms with van der Waals surface area (Å²) in [7, 11) is 2.91. The monoisotopic (exact) mass is 256 g/mol.